The summed E-state index contributed by atoms with van der Waals surface area (Å²) in [6.45, 7) is 5.28. The van der Waals surface area contributed by atoms with Crippen molar-refractivity contribution in [1.82, 2.24) is 0 Å². The molecule has 6 nitrogen and oxygen atoms in total. The van der Waals surface area contributed by atoms with Crippen LogP contribution in [0, 0.1) is 10.1 Å². The van der Waals surface area contributed by atoms with Gasteiger partial charge in [-0.25, -0.2) is 0 Å². The van der Waals surface area contributed by atoms with Gasteiger partial charge in [0.15, 0.2) is 5.75 Å². The molecular formula is C13H16ClNO5. The highest BCUT2D eigenvalue weighted by Gasteiger charge is 2.18. The quantitative estimate of drug-likeness (QED) is 0.473. The van der Waals surface area contributed by atoms with Gasteiger partial charge in [-0.1, -0.05) is 11.6 Å². The largest absolute Gasteiger partial charge is 0.486 e. The molecule has 0 unspecified atom stereocenters. The van der Waals surface area contributed by atoms with E-state index in [2.05, 4.69) is 0 Å². The average molecular weight is 302 g/mol. The van der Waals surface area contributed by atoms with Crippen molar-refractivity contribution in [3.63, 3.8) is 0 Å². The Kier molecular flexibility index (Phi) is 5.33. The molecule has 0 bridgehead atoms. The molecule has 0 aliphatic rings. The molecule has 0 amide bonds. The Hall–Kier alpha value is -1.82. The molecular weight excluding hydrogens is 286 g/mol. The van der Waals surface area contributed by atoms with E-state index in [1.54, 1.807) is 20.8 Å². The van der Waals surface area contributed by atoms with Gasteiger partial charge in [-0.15, -0.1) is 0 Å². The monoisotopic (exact) mass is 301 g/mol. The Morgan fingerprint density at radius 1 is 1.40 bits per heavy atom. The van der Waals surface area contributed by atoms with Crippen LogP contribution in [0.1, 0.15) is 27.2 Å². The fraction of sp³-hybridized carbons (Fsp3) is 0.462. The molecule has 20 heavy (non-hydrogen) atoms. The molecule has 0 saturated carbocycles. The molecule has 1 aromatic carbocycles. The van der Waals surface area contributed by atoms with Gasteiger partial charge in [0.2, 0.25) is 0 Å². The zero-order valence-corrected chi connectivity index (χ0v) is 12.3. The highest BCUT2D eigenvalue weighted by atomic mass is 35.5. The summed E-state index contributed by atoms with van der Waals surface area (Å²) in [5.41, 5.74) is -0.801. The van der Waals surface area contributed by atoms with Gasteiger partial charge in [0.1, 0.15) is 5.60 Å². The van der Waals surface area contributed by atoms with Gasteiger partial charge >= 0.3 is 11.7 Å². The summed E-state index contributed by atoms with van der Waals surface area (Å²) < 4.78 is 10.3. The van der Waals surface area contributed by atoms with Crippen LogP contribution in [0.4, 0.5) is 5.69 Å². The highest BCUT2D eigenvalue weighted by Crippen LogP contribution is 2.29. The van der Waals surface area contributed by atoms with Crippen molar-refractivity contribution in [2.75, 3.05) is 6.61 Å². The van der Waals surface area contributed by atoms with Crippen molar-refractivity contribution in [3.05, 3.63) is 33.3 Å². The minimum Gasteiger partial charge on any atom is -0.486 e. The van der Waals surface area contributed by atoms with Crippen LogP contribution in [0.3, 0.4) is 0 Å². The van der Waals surface area contributed by atoms with Gasteiger partial charge in [0, 0.05) is 11.1 Å². The number of halogens is 1. The molecule has 0 heterocycles. The number of rotatable bonds is 5. The van der Waals surface area contributed by atoms with Crippen molar-refractivity contribution in [1.29, 1.82) is 0 Å². The molecule has 0 spiro atoms. The fourth-order valence-electron chi connectivity index (χ4n) is 1.39. The molecule has 0 radical (unpaired) electrons. The summed E-state index contributed by atoms with van der Waals surface area (Å²) in [6, 6.07) is 4.08. The second-order valence-electron chi connectivity index (χ2n) is 5.05. The van der Waals surface area contributed by atoms with Crippen molar-refractivity contribution >= 4 is 23.3 Å². The molecule has 7 heteroatoms. The van der Waals surface area contributed by atoms with Gasteiger partial charge in [0.25, 0.3) is 0 Å². The molecule has 110 valence electrons. The Morgan fingerprint density at radius 3 is 2.60 bits per heavy atom. The van der Waals surface area contributed by atoms with Crippen molar-refractivity contribution in [2.24, 2.45) is 0 Å². The Bertz CT molecular complexity index is 510. The molecule has 0 aliphatic carbocycles. The number of nitro groups is 1. The maximum atomic E-state index is 11.5. The maximum absolute atomic E-state index is 11.5. The van der Waals surface area contributed by atoms with Crippen LogP contribution in [0.5, 0.6) is 5.75 Å². The lowest BCUT2D eigenvalue weighted by molar-refractivity contribution is -0.385. The molecule has 0 atom stereocenters. The van der Waals surface area contributed by atoms with Gasteiger partial charge < -0.3 is 9.47 Å². The number of hydrogen-bond donors (Lipinski definition) is 0. The number of carbonyl (C=O) groups excluding carboxylic acids is 1. The van der Waals surface area contributed by atoms with E-state index in [9.17, 15) is 14.9 Å². The zero-order chi connectivity index (χ0) is 15.3. The first-order valence-corrected chi connectivity index (χ1v) is 6.35. The van der Waals surface area contributed by atoms with Crippen molar-refractivity contribution in [3.8, 4) is 5.75 Å². The smallest absolute Gasteiger partial charge is 0.312 e. The molecule has 1 aromatic rings. The van der Waals surface area contributed by atoms with Crippen molar-refractivity contribution in [2.45, 2.75) is 32.8 Å². The van der Waals surface area contributed by atoms with E-state index in [1.165, 1.54) is 18.2 Å². The first-order chi connectivity index (χ1) is 9.19. The number of nitrogens with zero attached hydrogens (tertiary/aromatic N) is 1. The minimum absolute atomic E-state index is 0.00259. The predicted molar refractivity (Wildman–Crippen MR) is 74.1 cm³/mol. The van der Waals surface area contributed by atoms with E-state index in [0.29, 0.717) is 0 Å². The topological polar surface area (TPSA) is 78.7 Å². The standard InChI is InChI=1S/C13H16ClNO5/c1-13(2,3)20-12(16)6-7-19-11-5-4-9(14)8-10(11)15(17)18/h4-5,8H,6-7H2,1-3H3. The van der Waals surface area contributed by atoms with Crippen molar-refractivity contribution < 1.29 is 19.2 Å². The second kappa shape index (κ2) is 6.56. The van der Waals surface area contributed by atoms with Crippen LogP contribution in [0.15, 0.2) is 18.2 Å². The summed E-state index contributed by atoms with van der Waals surface area (Å²) in [7, 11) is 0. The molecule has 0 aliphatic heterocycles. The number of benzene rings is 1. The summed E-state index contributed by atoms with van der Waals surface area (Å²) >= 11 is 5.68. The third kappa shape index (κ3) is 5.44. The minimum atomic E-state index is -0.589. The average Bonchev–Trinajstić information content (AvgIpc) is 2.28. The van der Waals surface area contributed by atoms with Gasteiger partial charge in [-0.05, 0) is 32.9 Å². The molecule has 0 saturated heterocycles. The van der Waals surface area contributed by atoms with E-state index in [0.717, 1.165) is 0 Å². The van der Waals surface area contributed by atoms with Gasteiger partial charge in [-0.2, -0.15) is 0 Å². The first kappa shape index (κ1) is 16.2. The third-order valence-corrected chi connectivity index (χ3v) is 2.34. The fourth-order valence-corrected chi connectivity index (χ4v) is 1.56. The number of ether oxygens (including phenoxy) is 2. The lowest BCUT2D eigenvalue weighted by Crippen LogP contribution is -2.24. The molecule has 1 rings (SSSR count). The van der Waals surface area contributed by atoms with Crippen LogP contribution in [0.2, 0.25) is 5.02 Å². The van der Waals surface area contributed by atoms with Crippen LogP contribution in [0.25, 0.3) is 0 Å². The van der Waals surface area contributed by atoms with E-state index < -0.39 is 16.5 Å². The van der Waals surface area contributed by atoms with E-state index >= 15 is 0 Å². The molecule has 0 aromatic heterocycles. The summed E-state index contributed by atoms with van der Waals surface area (Å²) in [4.78, 5) is 21.7. The summed E-state index contributed by atoms with van der Waals surface area (Å²) in [6.07, 6.45) is 0.0110. The lowest BCUT2D eigenvalue weighted by atomic mass is 10.2. The Balaban J connectivity index is 2.58. The third-order valence-electron chi connectivity index (χ3n) is 2.10. The van der Waals surface area contributed by atoms with Gasteiger partial charge in [-0.3, -0.25) is 14.9 Å². The predicted octanol–water partition coefficient (Wildman–Crippen LogP) is 3.36. The second-order valence-corrected chi connectivity index (χ2v) is 5.49. The molecule has 0 fully saturated rings. The number of carbonyl (C=O) groups is 1. The van der Waals surface area contributed by atoms with Crippen LogP contribution in [-0.2, 0) is 9.53 Å². The highest BCUT2D eigenvalue weighted by molar-refractivity contribution is 6.30. The van der Waals surface area contributed by atoms with Gasteiger partial charge in [0.05, 0.1) is 18.0 Å². The van der Waals surface area contributed by atoms with E-state index in [-0.39, 0.29) is 29.5 Å². The lowest BCUT2D eigenvalue weighted by Gasteiger charge is -2.19. The SMILES string of the molecule is CC(C)(C)OC(=O)CCOc1ccc(Cl)cc1[N+](=O)[O-]. The van der Waals surface area contributed by atoms with Crippen LogP contribution in [-0.4, -0.2) is 23.1 Å². The zero-order valence-electron chi connectivity index (χ0n) is 11.5. The van der Waals surface area contributed by atoms with Crippen LogP contribution < -0.4 is 4.74 Å². The summed E-state index contributed by atoms with van der Waals surface area (Å²) in [5.74, 6) is -0.350. The van der Waals surface area contributed by atoms with E-state index in [4.69, 9.17) is 21.1 Å². The Labute approximate surface area is 121 Å². The maximum Gasteiger partial charge on any atom is 0.312 e. The number of nitro benzene ring substituents is 1. The first-order valence-electron chi connectivity index (χ1n) is 5.97. The summed E-state index contributed by atoms with van der Waals surface area (Å²) in [5, 5.41) is 11.1. The normalized spacial score (nSPS) is 11.0. The molecule has 0 N–H and O–H groups in total. The Morgan fingerprint density at radius 2 is 2.05 bits per heavy atom. The number of esters is 1. The number of hydrogen-bond acceptors (Lipinski definition) is 5. The van der Waals surface area contributed by atoms with E-state index in [1.807, 2.05) is 0 Å². The van der Waals surface area contributed by atoms with Crippen LogP contribution >= 0.6 is 11.6 Å².